The topological polar surface area (TPSA) is 38.7 Å². The van der Waals surface area contributed by atoms with Crippen LogP contribution in [0.3, 0.4) is 0 Å². The minimum absolute atomic E-state index is 0.838. The van der Waals surface area contributed by atoms with Gasteiger partial charge in [-0.1, -0.05) is 27.7 Å². The van der Waals surface area contributed by atoms with Gasteiger partial charge in [0.15, 0.2) is 0 Å². The van der Waals surface area contributed by atoms with Crippen molar-refractivity contribution in [1.82, 2.24) is 15.0 Å². The van der Waals surface area contributed by atoms with E-state index in [-0.39, 0.29) is 0 Å². The molecule has 2 aromatic rings. The Labute approximate surface area is 85.2 Å². The van der Waals surface area contributed by atoms with Gasteiger partial charge in [0.25, 0.3) is 0 Å². The van der Waals surface area contributed by atoms with Crippen molar-refractivity contribution in [2.45, 2.75) is 27.7 Å². The van der Waals surface area contributed by atoms with E-state index in [1.165, 1.54) is 0 Å². The predicted molar refractivity (Wildman–Crippen MR) is 60.0 cm³/mol. The van der Waals surface area contributed by atoms with Crippen LogP contribution in [0.15, 0.2) is 30.9 Å². The first-order chi connectivity index (χ1) is 6.97. The molecule has 2 aromatic heterocycles. The van der Waals surface area contributed by atoms with Gasteiger partial charge in [-0.15, -0.1) is 0 Å². The first kappa shape index (κ1) is 12.5. The largest absolute Gasteiger partial charge is 0.262 e. The Morgan fingerprint density at radius 1 is 0.786 bits per heavy atom. The van der Waals surface area contributed by atoms with Crippen molar-refractivity contribution in [1.29, 1.82) is 0 Å². The molecule has 0 amide bonds. The third kappa shape index (κ3) is 3.47. The van der Waals surface area contributed by atoms with Crippen LogP contribution in [-0.4, -0.2) is 15.0 Å². The molecule has 2 rings (SSSR count). The summed E-state index contributed by atoms with van der Waals surface area (Å²) in [4.78, 5) is 12.0. The van der Waals surface area contributed by atoms with Gasteiger partial charge >= 0.3 is 0 Å². The lowest BCUT2D eigenvalue weighted by molar-refractivity contribution is 1.25. The lowest BCUT2D eigenvalue weighted by Crippen LogP contribution is -1.81. The van der Waals surface area contributed by atoms with Crippen LogP contribution in [0.4, 0.5) is 0 Å². The standard InChI is InChI=1S/C7H5N3.2C2H6/c1-2-8-5-7-6(1)9-3-4-10-7;2*1-2/h1-5H;2*1-2H3. The first-order valence-corrected chi connectivity index (χ1v) is 4.97. The number of pyridine rings is 1. The van der Waals surface area contributed by atoms with E-state index in [0.717, 1.165) is 11.0 Å². The molecule has 76 valence electrons. The van der Waals surface area contributed by atoms with Gasteiger partial charge in [-0.3, -0.25) is 15.0 Å². The predicted octanol–water partition coefficient (Wildman–Crippen LogP) is 3.08. The maximum atomic E-state index is 4.08. The molecule has 0 spiro atoms. The third-order valence-electron chi connectivity index (χ3n) is 1.27. The number of nitrogens with zero attached hydrogens (tertiary/aromatic N) is 3. The molecule has 0 unspecified atom stereocenters. The van der Waals surface area contributed by atoms with Crippen LogP contribution in [0.1, 0.15) is 27.7 Å². The van der Waals surface area contributed by atoms with E-state index in [9.17, 15) is 0 Å². The Bertz CT molecular complexity index is 282. The Balaban J connectivity index is 0.000000379. The number of hydrogen-bond donors (Lipinski definition) is 0. The molecule has 0 aliphatic rings. The zero-order valence-electron chi connectivity index (χ0n) is 9.23. The highest BCUT2D eigenvalue weighted by Crippen LogP contribution is 2.02. The zero-order valence-corrected chi connectivity index (χ0v) is 9.23. The van der Waals surface area contributed by atoms with Gasteiger partial charge in [-0.25, -0.2) is 0 Å². The van der Waals surface area contributed by atoms with Crippen molar-refractivity contribution in [3.05, 3.63) is 30.9 Å². The molecule has 0 aliphatic heterocycles. The van der Waals surface area contributed by atoms with Gasteiger partial charge in [-0.05, 0) is 6.07 Å². The molecular weight excluding hydrogens is 174 g/mol. The smallest absolute Gasteiger partial charge is 0.107 e. The van der Waals surface area contributed by atoms with E-state index in [1.54, 1.807) is 24.8 Å². The SMILES string of the molecule is CC.CC.c1cc2nccnc2cn1. The second-order valence-corrected chi connectivity index (χ2v) is 1.92. The second kappa shape index (κ2) is 8.10. The van der Waals surface area contributed by atoms with Crippen molar-refractivity contribution in [3.63, 3.8) is 0 Å². The lowest BCUT2D eigenvalue weighted by atomic mass is 10.4. The Hall–Kier alpha value is -1.51. The molecule has 0 atom stereocenters. The lowest BCUT2D eigenvalue weighted by Gasteiger charge is -1.90. The van der Waals surface area contributed by atoms with Gasteiger partial charge in [0, 0.05) is 18.6 Å². The van der Waals surface area contributed by atoms with Gasteiger partial charge in [0.2, 0.25) is 0 Å². The quantitative estimate of drug-likeness (QED) is 0.642. The molecule has 3 nitrogen and oxygen atoms in total. The summed E-state index contributed by atoms with van der Waals surface area (Å²) >= 11 is 0. The van der Waals surface area contributed by atoms with Crippen molar-refractivity contribution >= 4 is 11.0 Å². The van der Waals surface area contributed by atoms with Crippen LogP contribution >= 0.6 is 0 Å². The Morgan fingerprint density at radius 3 is 1.93 bits per heavy atom. The molecule has 0 saturated heterocycles. The molecule has 0 bridgehead atoms. The third-order valence-corrected chi connectivity index (χ3v) is 1.27. The van der Waals surface area contributed by atoms with E-state index in [1.807, 2.05) is 33.8 Å². The van der Waals surface area contributed by atoms with Gasteiger partial charge in [0.1, 0.15) is 5.52 Å². The van der Waals surface area contributed by atoms with E-state index in [4.69, 9.17) is 0 Å². The van der Waals surface area contributed by atoms with E-state index >= 15 is 0 Å². The van der Waals surface area contributed by atoms with Crippen LogP contribution in [0.25, 0.3) is 11.0 Å². The molecule has 0 radical (unpaired) electrons. The maximum Gasteiger partial charge on any atom is 0.107 e. The molecule has 3 heteroatoms. The number of hydrogen-bond acceptors (Lipinski definition) is 3. The normalized spacial score (nSPS) is 8.00. The molecule has 0 aromatic carbocycles. The summed E-state index contributed by atoms with van der Waals surface area (Å²) < 4.78 is 0. The second-order valence-electron chi connectivity index (χ2n) is 1.92. The summed E-state index contributed by atoms with van der Waals surface area (Å²) in [6.07, 6.45) is 6.73. The average molecular weight is 191 g/mol. The number of aromatic nitrogens is 3. The minimum atomic E-state index is 0.838. The van der Waals surface area contributed by atoms with Crippen LogP contribution in [0.5, 0.6) is 0 Å². The highest BCUT2D eigenvalue weighted by Gasteiger charge is 1.89. The fraction of sp³-hybridized carbons (Fsp3) is 0.364. The molecule has 2 heterocycles. The van der Waals surface area contributed by atoms with E-state index < -0.39 is 0 Å². The molecule has 0 fully saturated rings. The van der Waals surface area contributed by atoms with E-state index in [2.05, 4.69) is 15.0 Å². The average Bonchev–Trinajstić information content (AvgIpc) is 2.34. The van der Waals surface area contributed by atoms with Crippen LogP contribution < -0.4 is 0 Å². The molecule has 0 saturated carbocycles. The van der Waals surface area contributed by atoms with Gasteiger partial charge in [-0.2, -0.15) is 0 Å². The van der Waals surface area contributed by atoms with Crippen LogP contribution in [0.2, 0.25) is 0 Å². The van der Waals surface area contributed by atoms with Gasteiger partial charge in [0.05, 0.1) is 11.7 Å². The number of rotatable bonds is 0. The van der Waals surface area contributed by atoms with Gasteiger partial charge < -0.3 is 0 Å². The maximum absolute atomic E-state index is 4.08. The molecule has 0 N–H and O–H groups in total. The summed E-state index contributed by atoms with van der Waals surface area (Å²) in [5.41, 5.74) is 1.72. The number of fused-ring (bicyclic) bond motifs is 1. The highest BCUT2D eigenvalue weighted by molar-refractivity contribution is 5.71. The summed E-state index contributed by atoms with van der Waals surface area (Å²) in [5.74, 6) is 0. The molecule has 0 aliphatic carbocycles. The monoisotopic (exact) mass is 191 g/mol. The summed E-state index contributed by atoms with van der Waals surface area (Å²) in [6, 6.07) is 1.84. The fourth-order valence-electron chi connectivity index (χ4n) is 0.815. The minimum Gasteiger partial charge on any atom is -0.262 e. The molecule has 14 heavy (non-hydrogen) atoms. The summed E-state index contributed by atoms with van der Waals surface area (Å²) in [6.45, 7) is 8.00. The van der Waals surface area contributed by atoms with Crippen molar-refractivity contribution in [2.24, 2.45) is 0 Å². The van der Waals surface area contributed by atoms with E-state index in [0.29, 0.717) is 0 Å². The summed E-state index contributed by atoms with van der Waals surface area (Å²) in [5, 5.41) is 0. The van der Waals surface area contributed by atoms with Crippen molar-refractivity contribution in [2.75, 3.05) is 0 Å². The van der Waals surface area contributed by atoms with Crippen molar-refractivity contribution in [3.8, 4) is 0 Å². The highest BCUT2D eigenvalue weighted by atomic mass is 14.8. The Kier molecular flexibility index (Phi) is 7.23. The van der Waals surface area contributed by atoms with Crippen LogP contribution in [-0.2, 0) is 0 Å². The van der Waals surface area contributed by atoms with Crippen LogP contribution in [0, 0.1) is 0 Å². The Morgan fingerprint density at radius 2 is 1.36 bits per heavy atom. The first-order valence-electron chi connectivity index (χ1n) is 4.97. The fourth-order valence-corrected chi connectivity index (χ4v) is 0.815. The molecular formula is C11H17N3. The van der Waals surface area contributed by atoms with Crippen molar-refractivity contribution < 1.29 is 0 Å². The summed E-state index contributed by atoms with van der Waals surface area (Å²) in [7, 11) is 0. The zero-order chi connectivity index (χ0) is 10.8.